The Kier molecular flexibility index (Phi) is 19.6. The van der Waals surface area contributed by atoms with Crippen molar-refractivity contribution in [2.75, 3.05) is 19.6 Å². The van der Waals surface area contributed by atoms with Crippen LogP contribution in [0.3, 0.4) is 0 Å². The largest absolute Gasteiger partial charge is 0.455 e. The number of hydrogen-bond acceptors (Lipinski definition) is 6. The Balaban J connectivity index is 0.000000151. The molecule has 0 N–H and O–H groups in total. The van der Waals surface area contributed by atoms with Crippen molar-refractivity contribution in [1.29, 1.82) is 0 Å². The second kappa shape index (κ2) is 32.7. The molecule has 0 saturated heterocycles. The zero-order valence-electron chi connectivity index (χ0n) is 66.8. The molecular weight excluding hydrogens is 1480 g/mol. The number of furan rings is 2. The number of benzene rings is 20. The van der Waals surface area contributed by atoms with Crippen LogP contribution in [0.15, 0.2) is 494 Å². The maximum absolute atomic E-state index is 6.38. The zero-order valence-corrected chi connectivity index (χ0v) is 66.8. The Morgan fingerprint density at radius 3 is 0.656 bits per heavy atom. The molecule has 0 aliphatic heterocycles. The third-order valence-corrected chi connectivity index (χ3v) is 23.4. The second-order valence-electron chi connectivity index (χ2n) is 30.6. The minimum atomic E-state index is 0.904. The number of rotatable bonds is 18. The summed E-state index contributed by atoms with van der Waals surface area (Å²) in [6, 6.07) is 173. The Labute approximate surface area is 709 Å². The normalized spacial score (nSPS) is 11.3. The van der Waals surface area contributed by atoms with Gasteiger partial charge in [-0.3, -0.25) is 0 Å². The van der Waals surface area contributed by atoms with Gasteiger partial charge in [0, 0.05) is 100 Å². The van der Waals surface area contributed by atoms with Gasteiger partial charge in [0.05, 0.1) is 11.4 Å². The first-order chi connectivity index (χ1) is 60.5. The number of fused-ring (bicyclic) bond motifs is 8. The topological polar surface area (TPSA) is 39.2 Å². The van der Waals surface area contributed by atoms with Gasteiger partial charge in [0.25, 0.3) is 0 Å². The van der Waals surface area contributed by atoms with Crippen LogP contribution in [-0.4, -0.2) is 0 Å². The highest BCUT2D eigenvalue weighted by Crippen LogP contribution is 2.48. The molecule has 0 radical (unpaired) electrons. The van der Waals surface area contributed by atoms with E-state index in [2.05, 4.69) is 481 Å². The highest BCUT2D eigenvalue weighted by molar-refractivity contribution is 6.12. The first-order valence-electron chi connectivity index (χ1n) is 41.5. The maximum Gasteiger partial charge on any atom is 0.143 e. The Morgan fingerprint density at radius 2 is 0.344 bits per heavy atom. The minimum Gasteiger partial charge on any atom is -0.455 e. The lowest BCUT2D eigenvalue weighted by Crippen LogP contribution is -2.10. The van der Waals surface area contributed by atoms with Crippen LogP contribution in [0.1, 0.15) is 0 Å². The lowest BCUT2D eigenvalue weighted by Gasteiger charge is -2.28. The maximum atomic E-state index is 6.38. The van der Waals surface area contributed by atoms with E-state index in [9.17, 15) is 0 Å². The smallest absolute Gasteiger partial charge is 0.143 e. The van der Waals surface area contributed by atoms with Crippen molar-refractivity contribution in [3.63, 3.8) is 0 Å². The van der Waals surface area contributed by atoms with Gasteiger partial charge in [-0.15, -0.1) is 0 Å². The van der Waals surface area contributed by atoms with Gasteiger partial charge in [0.15, 0.2) is 0 Å². The van der Waals surface area contributed by atoms with E-state index in [1.807, 2.05) is 24.3 Å². The number of nitrogens with zero attached hydrogens (tertiary/aromatic N) is 4. The molecule has 2 heterocycles. The summed E-state index contributed by atoms with van der Waals surface area (Å²) in [7, 11) is 0. The lowest BCUT2D eigenvalue weighted by atomic mass is 9.96. The number of anilines is 12. The van der Waals surface area contributed by atoms with Crippen LogP contribution < -0.4 is 19.6 Å². The quantitative estimate of drug-likeness (QED) is 0.0853. The Hall–Kier alpha value is -16.3. The Morgan fingerprint density at radius 1 is 0.123 bits per heavy atom. The summed E-state index contributed by atoms with van der Waals surface area (Å²) in [6.45, 7) is 0. The molecule has 2 aromatic heterocycles. The monoisotopic (exact) mass is 1560 g/mol. The van der Waals surface area contributed by atoms with Crippen LogP contribution in [0.2, 0.25) is 0 Å². The minimum absolute atomic E-state index is 0.904. The summed E-state index contributed by atoms with van der Waals surface area (Å²) in [4.78, 5) is 9.35. The van der Waals surface area contributed by atoms with E-state index in [0.717, 1.165) is 157 Å². The van der Waals surface area contributed by atoms with Crippen LogP contribution in [0.25, 0.3) is 132 Å². The third-order valence-electron chi connectivity index (χ3n) is 23.4. The highest BCUT2D eigenvalue weighted by Gasteiger charge is 2.23. The fourth-order valence-corrected chi connectivity index (χ4v) is 17.5. The van der Waals surface area contributed by atoms with Crippen molar-refractivity contribution < 1.29 is 8.83 Å². The van der Waals surface area contributed by atoms with E-state index in [4.69, 9.17) is 8.83 Å². The van der Waals surface area contributed by atoms with Crippen LogP contribution in [0.5, 0.6) is 0 Å². The second-order valence-corrected chi connectivity index (χ2v) is 30.6. The molecule has 122 heavy (non-hydrogen) atoms. The molecule has 0 atom stereocenters. The predicted octanol–water partition coefficient (Wildman–Crippen LogP) is 33.4. The van der Waals surface area contributed by atoms with Gasteiger partial charge in [-0.05, 0) is 212 Å². The molecule has 0 amide bonds. The van der Waals surface area contributed by atoms with Gasteiger partial charge in [-0.2, -0.15) is 0 Å². The molecule has 0 aliphatic carbocycles. The summed E-state index contributed by atoms with van der Waals surface area (Å²) in [5, 5.41) is 9.40. The van der Waals surface area contributed by atoms with E-state index >= 15 is 0 Å². The summed E-state index contributed by atoms with van der Waals surface area (Å²) in [6.07, 6.45) is 0. The number of para-hydroxylation sites is 8. The summed E-state index contributed by atoms with van der Waals surface area (Å²) >= 11 is 0. The van der Waals surface area contributed by atoms with Crippen molar-refractivity contribution in [2.24, 2.45) is 0 Å². The fraction of sp³-hybridized carbons (Fsp3) is 0. The average molecular weight is 1560 g/mol. The molecule has 0 fully saturated rings. The van der Waals surface area contributed by atoms with Gasteiger partial charge in [-0.25, -0.2) is 0 Å². The molecule has 22 aromatic rings. The molecule has 0 unspecified atom stereocenters. The first kappa shape index (κ1) is 73.4. The first-order valence-corrected chi connectivity index (χ1v) is 41.5. The number of hydrogen-bond donors (Lipinski definition) is 0. The SMILES string of the molecule is c1ccc(-c2ccc(N(c3ccccc3)c3ccc(-c4ccc(N(c5ccccc5)c5ccc(-c6ccccc6)c6ccccc56)cc4)cc3)c3ccccc23)cc1.c1ccc(N(c2ccc(-c3ccc(N(c4ccccc4)c4ccc(-c5cccc6c5oc5ccccc56)cc4)cc3)cc2)c2ccc(-c3cccc4c3oc3ccccc34)cc2)cc1. The van der Waals surface area contributed by atoms with Crippen molar-refractivity contribution in [3.05, 3.63) is 485 Å². The molecule has 22 rings (SSSR count). The van der Waals surface area contributed by atoms with E-state index in [1.54, 1.807) is 0 Å². The molecule has 0 aliphatic rings. The van der Waals surface area contributed by atoms with E-state index in [1.165, 1.54) is 43.8 Å². The molecule has 0 bridgehead atoms. The van der Waals surface area contributed by atoms with Crippen LogP contribution >= 0.6 is 0 Å². The molecule has 0 spiro atoms. The molecule has 576 valence electrons. The van der Waals surface area contributed by atoms with Crippen molar-refractivity contribution in [2.45, 2.75) is 0 Å². The van der Waals surface area contributed by atoms with Gasteiger partial charge in [-0.1, -0.05) is 340 Å². The van der Waals surface area contributed by atoms with Gasteiger partial charge in [0.2, 0.25) is 0 Å². The van der Waals surface area contributed by atoms with Crippen molar-refractivity contribution in [1.82, 2.24) is 0 Å². The van der Waals surface area contributed by atoms with E-state index in [0.29, 0.717) is 0 Å². The summed E-state index contributed by atoms with van der Waals surface area (Å²) in [5.41, 5.74) is 30.7. The van der Waals surface area contributed by atoms with Crippen molar-refractivity contribution >= 4 is 134 Å². The predicted molar refractivity (Wildman–Crippen MR) is 514 cm³/mol. The molecule has 6 nitrogen and oxygen atoms in total. The van der Waals surface area contributed by atoms with Crippen molar-refractivity contribution in [3.8, 4) is 66.8 Å². The van der Waals surface area contributed by atoms with E-state index in [-0.39, 0.29) is 0 Å². The molecule has 0 saturated carbocycles. The fourth-order valence-electron chi connectivity index (χ4n) is 17.5. The van der Waals surface area contributed by atoms with Crippen LogP contribution in [0.4, 0.5) is 68.2 Å². The van der Waals surface area contributed by atoms with Gasteiger partial charge < -0.3 is 28.4 Å². The van der Waals surface area contributed by atoms with E-state index < -0.39 is 0 Å². The molecular formula is C116H80N4O2. The lowest BCUT2D eigenvalue weighted by molar-refractivity contribution is 0.669. The Bertz CT molecular complexity index is 6980. The average Bonchev–Trinajstić information content (AvgIpc) is 1.33. The summed E-state index contributed by atoms with van der Waals surface area (Å²) < 4.78 is 12.8. The summed E-state index contributed by atoms with van der Waals surface area (Å²) in [5.74, 6) is 0. The zero-order chi connectivity index (χ0) is 81.1. The third kappa shape index (κ3) is 14.2. The van der Waals surface area contributed by atoms with Crippen LogP contribution in [-0.2, 0) is 0 Å². The molecule has 6 heteroatoms. The van der Waals surface area contributed by atoms with Crippen LogP contribution in [0, 0.1) is 0 Å². The molecule has 20 aromatic carbocycles. The standard InChI is InChI=1S/C60H40N2O2.C56H40N2/c1-3-13-45(14-4-1)61(49-37-29-43(30-38-49)51-19-11-21-55-53-17-7-9-23-57(53)63-59(51)55)47-33-25-41(26-34-47)42-27-35-48(36-28-42)62(46-15-5-2-6-16-46)50-39-31-44(32-40-50)52-20-12-22-56-54-18-8-10-24-58(54)64-60(52)56;1-5-17-43(18-6-1)49-37-39-55(53-27-15-13-25-51(49)53)57(45-21-9-3-10-22-45)47-33-29-41(30-34-47)42-31-35-48(36-32-42)58(46-23-11-4-12-24-46)56-40-38-50(44-19-7-2-8-20-44)52-26-14-16-28-54(52)56/h1-40H;1-40H. The highest BCUT2D eigenvalue weighted by atomic mass is 16.3. The van der Waals surface area contributed by atoms with Gasteiger partial charge >= 0.3 is 0 Å². The van der Waals surface area contributed by atoms with Gasteiger partial charge in [0.1, 0.15) is 22.3 Å².